The highest BCUT2D eigenvalue weighted by molar-refractivity contribution is 5.76. The van der Waals surface area contributed by atoms with Crippen LogP contribution in [0.15, 0.2) is 24.7 Å². The standard InChI is InChI=1S/C15H15F3N6O.C2H6/c16-15(17,18)8-22-14(25)23-4-2-9(7-23)11-5-20-12-6-21-13-10(24(11)12)1-3-19-13;1-2/h1,3,5-6,9,19H,2,4,7-8H2,(H,22,25);1-2H3/t9-;/m1./s1. The largest absolute Gasteiger partial charge is 0.405 e. The monoisotopic (exact) mass is 382 g/mol. The second-order valence-corrected chi connectivity index (χ2v) is 6.05. The molecule has 0 spiro atoms. The summed E-state index contributed by atoms with van der Waals surface area (Å²) in [4.78, 5) is 25.0. The highest BCUT2D eigenvalue weighted by Crippen LogP contribution is 2.29. The van der Waals surface area contributed by atoms with Gasteiger partial charge < -0.3 is 15.2 Å². The number of alkyl halides is 3. The first-order valence-electron chi connectivity index (χ1n) is 8.81. The summed E-state index contributed by atoms with van der Waals surface area (Å²) in [7, 11) is 0. The molecule has 0 radical (unpaired) electrons. The maximum absolute atomic E-state index is 12.2. The molecule has 0 unspecified atom stereocenters. The average Bonchev–Trinajstić information content (AvgIpc) is 3.37. The number of rotatable bonds is 2. The first-order valence-corrected chi connectivity index (χ1v) is 8.81. The van der Waals surface area contributed by atoms with Crippen molar-refractivity contribution in [1.82, 2.24) is 29.6 Å². The van der Waals surface area contributed by atoms with E-state index in [1.165, 1.54) is 4.90 Å². The van der Waals surface area contributed by atoms with E-state index in [-0.39, 0.29) is 5.92 Å². The molecule has 2 amide bonds. The van der Waals surface area contributed by atoms with Crippen LogP contribution in [0.25, 0.3) is 16.8 Å². The fraction of sp³-hybridized carbons (Fsp3) is 0.471. The van der Waals surface area contributed by atoms with Crippen molar-refractivity contribution in [2.24, 2.45) is 0 Å². The third-order valence-corrected chi connectivity index (χ3v) is 4.40. The second-order valence-electron chi connectivity index (χ2n) is 6.05. The maximum atomic E-state index is 12.2. The predicted molar refractivity (Wildman–Crippen MR) is 94.6 cm³/mol. The molecule has 1 aliphatic heterocycles. The van der Waals surface area contributed by atoms with E-state index in [0.29, 0.717) is 25.2 Å². The molecule has 27 heavy (non-hydrogen) atoms. The van der Waals surface area contributed by atoms with Crippen molar-refractivity contribution in [2.45, 2.75) is 32.4 Å². The number of imidazole rings is 1. The number of halogens is 3. The summed E-state index contributed by atoms with van der Waals surface area (Å²) in [5.74, 6) is 0.00661. The van der Waals surface area contributed by atoms with E-state index >= 15 is 0 Å². The van der Waals surface area contributed by atoms with Crippen LogP contribution in [0.3, 0.4) is 0 Å². The quantitative estimate of drug-likeness (QED) is 0.714. The normalized spacial score (nSPS) is 17.2. The number of urea groups is 1. The summed E-state index contributed by atoms with van der Waals surface area (Å²) in [6.45, 7) is 3.44. The van der Waals surface area contributed by atoms with Crippen molar-refractivity contribution in [1.29, 1.82) is 0 Å². The van der Waals surface area contributed by atoms with E-state index in [1.807, 2.05) is 29.6 Å². The molecule has 146 valence electrons. The van der Waals surface area contributed by atoms with E-state index in [0.717, 1.165) is 16.9 Å². The first kappa shape index (κ1) is 19.0. The van der Waals surface area contributed by atoms with E-state index in [2.05, 4.69) is 15.0 Å². The number of H-pyrrole nitrogens is 1. The summed E-state index contributed by atoms with van der Waals surface area (Å²) in [5.41, 5.74) is 3.23. The molecule has 4 heterocycles. The molecule has 0 aliphatic carbocycles. The van der Waals surface area contributed by atoms with Gasteiger partial charge in [0.2, 0.25) is 0 Å². The van der Waals surface area contributed by atoms with Crippen molar-refractivity contribution in [3.63, 3.8) is 0 Å². The Hall–Kier alpha value is -2.78. The van der Waals surface area contributed by atoms with Gasteiger partial charge in [0, 0.05) is 37.1 Å². The molecular formula is C17H21F3N6O. The van der Waals surface area contributed by atoms with Crippen LogP contribution in [0.2, 0.25) is 0 Å². The van der Waals surface area contributed by atoms with Gasteiger partial charge in [-0.15, -0.1) is 0 Å². The van der Waals surface area contributed by atoms with E-state index < -0.39 is 18.8 Å². The van der Waals surface area contributed by atoms with Crippen LogP contribution >= 0.6 is 0 Å². The Morgan fingerprint density at radius 1 is 1.33 bits per heavy atom. The lowest BCUT2D eigenvalue weighted by atomic mass is 10.1. The number of carbonyl (C=O) groups excluding carboxylic acids is 1. The minimum atomic E-state index is -4.41. The minimum absolute atomic E-state index is 0.00661. The molecule has 0 aromatic carbocycles. The molecule has 0 bridgehead atoms. The molecule has 3 aromatic rings. The lowest BCUT2D eigenvalue weighted by molar-refractivity contribution is -0.123. The fourth-order valence-corrected chi connectivity index (χ4v) is 3.25. The number of hydrogen-bond donors (Lipinski definition) is 2. The highest BCUT2D eigenvalue weighted by Gasteiger charge is 2.32. The predicted octanol–water partition coefficient (Wildman–Crippen LogP) is 3.30. The Labute approximate surface area is 153 Å². The van der Waals surface area contributed by atoms with Crippen LogP contribution in [0, 0.1) is 0 Å². The van der Waals surface area contributed by atoms with Gasteiger partial charge in [0.15, 0.2) is 11.3 Å². The van der Waals surface area contributed by atoms with Crippen LogP contribution in [-0.4, -0.2) is 56.1 Å². The summed E-state index contributed by atoms with van der Waals surface area (Å²) in [6.07, 6.45) is 1.44. The summed E-state index contributed by atoms with van der Waals surface area (Å²) in [5, 5.41) is 1.92. The lowest BCUT2D eigenvalue weighted by Gasteiger charge is -2.18. The van der Waals surface area contributed by atoms with Crippen LogP contribution in [0.1, 0.15) is 31.9 Å². The molecule has 10 heteroatoms. The number of aromatic amines is 1. The molecule has 3 aromatic heterocycles. The number of nitrogens with zero attached hydrogens (tertiary/aromatic N) is 4. The SMILES string of the molecule is CC.O=C(NCC(F)(F)F)N1CC[C@@H](c2cnc3cnc4[nH]ccc4n23)C1. The number of nitrogens with one attached hydrogen (secondary N) is 2. The maximum Gasteiger partial charge on any atom is 0.405 e. The number of amides is 2. The van der Waals surface area contributed by atoms with Crippen molar-refractivity contribution < 1.29 is 18.0 Å². The van der Waals surface area contributed by atoms with Gasteiger partial charge in [-0.3, -0.25) is 4.40 Å². The van der Waals surface area contributed by atoms with Crippen LogP contribution in [-0.2, 0) is 0 Å². The fourth-order valence-electron chi connectivity index (χ4n) is 3.25. The van der Waals surface area contributed by atoms with Crippen LogP contribution in [0.4, 0.5) is 18.0 Å². The zero-order valence-corrected chi connectivity index (χ0v) is 15.0. The lowest BCUT2D eigenvalue weighted by Crippen LogP contribution is -2.42. The number of likely N-dealkylation sites (tertiary alicyclic amines) is 1. The van der Waals surface area contributed by atoms with Crippen molar-refractivity contribution >= 4 is 22.8 Å². The topological polar surface area (TPSA) is 78.3 Å². The van der Waals surface area contributed by atoms with Gasteiger partial charge >= 0.3 is 12.2 Å². The highest BCUT2D eigenvalue weighted by atomic mass is 19.4. The van der Waals surface area contributed by atoms with Crippen LogP contribution < -0.4 is 5.32 Å². The smallest absolute Gasteiger partial charge is 0.345 e. The zero-order valence-electron chi connectivity index (χ0n) is 15.0. The molecule has 1 atom stereocenters. The average molecular weight is 382 g/mol. The molecule has 7 nitrogen and oxygen atoms in total. The molecule has 1 saturated heterocycles. The Morgan fingerprint density at radius 2 is 2.11 bits per heavy atom. The molecule has 0 saturated carbocycles. The molecule has 4 rings (SSSR count). The number of aromatic nitrogens is 4. The Bertz CT molecular complexity index is 932. The Kier molecular flexibility index (Phi) is 5.24. The molecule has 2 N–H and O–H groups in total. The van der Waals surface area contributed by atoms with Gasteiger partial charge in [-0.05, 0) is 12.5 Å². The van der Waals surface area contributed by atoms with E-state index in [4.69, 9.17) is 0 Å². The number of carbonyl (C=O) groups is 1. The van der Waals surface area contributed by atoms with Gasteiger partial charge in [-0.2, -0.15) is 13.2 Å². The van der Waals surface area contributed by atoms with Crippen molar-refractivity contribution in [2.75, 3.05) is 19.6 Å². The van der Waals surface area contributed by atoms with E-state index in [1.54, 1.807) is 18.6 Å². The molecule has 1 aliphatic rings. The van der Waals surface area contributed by atoms with E-state index in [9.17, 15) is 18.0 Å². The van der Waals surface area contributed by atoms with Gasteiger partial charge in [0.25, 0.3) is 0 Å². The summed E-state index contributed by atoms with van der Waals surface area (Å²) in [6, 6.07) is 1.20. The number of hydrogen-bond acceptors (Lipinski definition) is 3. The first-order chi connectivity index (χ1) is 12.9. The van der Waals surface area contributed by atoms with Crippen LogP contribution in [0.5, 0.6) is 0 Å². The Morgan fingerprint density at radius 3 is 2.85 bits per heavy atom. The van der Waals surface area contributed by atoms with Gasteiger partial charge in [0.1, 0.15) is 6.54 Å². The van der Waals surface area contributed by atoms with Crippen molar-refractivity contribution in [3.05, 3.63) is 30.4 Å². The molecule has 1 fully saturated rings. The third-order valence-electron chi connectivity index (χ3n) is 4.40. The van der Waals surface area contributed by atoms with Crippen molar-refractivity contribution in [3.8, 4) is 0 Å². The van der Waals surface area contributed by atoms with Gasteiger partial charge in [-0.25, -0.2) is 14.8 Å². The minimum Gasteiger partial charge on any atom is -0.345 e. The third kappa shape index (κ3) is 3.83. The number of fused-ring (bicyclic) bond motifs is 3. The van der Waals surface area contributed by atoms with Gasteiger partial charge in [-0.1, -0.05) is 13.8 Å². The zero-order chi connectivity index (χ0) is 19.6. The van der Waals surface area contributed by atoms with Gasteiger partial charge in [0.05, 0.1) is 11.7 Å². The molecular weight excluding hydrogens is 361 g/mol. The summed E-state index contributed by atoms with van der Waals surface area (Å²) >= 11 is 0. The second kappa shape index (κ2) is 7.45. The Balaban J connectivity index is 0.00000102. The summed E-state index contributed by atoms with van der Waals surface area (Å²) < 4.78 is 38.7.